The van der Waals surface area contributed by atoms with Crippen LogP contribution in [0.3, 0.4) is 0 Å². The van der Waals surface area contributed by atoms with Gasteiger partial charge in [0.1, 0.15) is 5.69 Å². The summed E-state index contributed by atoms with van der Waals surface area (Å²) in [6.45, 7) is 4.40. The molecule has 0 atom stereocenters. The number of aryl methyl sites for hydroxylation is 2. The number of aromatic amines is 1. The fourth-order valence-electron chi connectivity index (χ4n) is 2.67. The van der Waals surface area contributed by atoms with Gasteiger partial charge >= 0.3 is 0 Å². The quantitative estimate of drug-likeness (QED) is 0.686. The van der Waals surface area contributed by atoms with Gasteiger partial charge in [-0.1, -0.05) is 29.3 Å². The lowest BCUT2D eigenvalue weighted by Crippen LogP contribution is -2.23. The Morgan fingerprint density at radius 3 is 2.70 bits per heavy atom. The van der Waals surface area contributed by atoms with E-state index in [-0.39, 0.29) is 5.91 Å². The van der Waals surface area contributed by atoms with E-state index in [2.05, 4.69) is 16.4 Å². The van der Waals surface area contributed by atoms with Crippen molar-refractivity contribution >= 4 is 40.0 Å². The number of aromatic nitrogens is 1. The Hall–Kier alpha value is -1.97. The minimum Gasteiger partial charge on any atom is -0.351 e. The number of amides is 1. The summed E-state index contributed by atoms with van der Waals surface area (Å²) in [7, 11) is 0. The van der Waals surface area contributed by atoms with Gasteiger partial charge in [-0.2, -0.15) is 0 Å². The molecule has 23 heavy (non-hydrogen) atoms. The summed E-state index contributed by atoms with van der Waals surface area (Å²) in [5, 5.41) is 5.10. The van der Waals surface area contributed by atoms with Crippen molar-refractivity contribution in [2.75, 3.05) is 0 Å². The summed E-state index contributed by atoms with van der Waals surface area (Å²) in [6.07, 6.45) is 0. The van der Waals surface area contributed by atoms with Crippen LogP contribution in [0.5, 0.6) is 0 Å². The lowest BCUT2D eigenvalue weighted by molar-refractivity contribution is 0.0947. The molecule has 1 amide bonds. The highest BCUT2D eigenvalue weighted by Crippen LogP contribution is 2.22. The molecule has 3 nitrogen and oxygen atoms in total. The van der Waals surface area contributed by atoms with Crippen molar-refractivity contribution in [2.45, 2.75) is 20.4 Å². The number of H-pyrrole nitrogens is 1. The molecule has 0 aliphatic rings. The average molecular weight is 347 g/mol. The molecule has 118 valence electrons. The van der Waals surface area contributed by atoms with Crippen LogP contribution in [0.2, 0.25) is 10.0 Å². The Kier molecular flexibility index (Phi) is 4.33. The molecule has 3 aromatic rings. The van der Waals surface area contributed by atoms with Gasteiger partial charge in [-0.15, -0.1) is 0 Å². The van der Waals surface area contributed by atoms with Gasteiger partial charge in [-0.05, 0) is 60.9 Å². The van der Waals surface area contributed by atoms with Crippen molar-refractivity contribution in [3.63, 3.8) is 0 Å². The average Bonchev–Trinajstić information content (AvgIpc) is 2.92. The van der Waals surface area contributed by atoms with Crippen LogP contribution < -0.4 is 5.32 Å². The first kappa shape index (κ1) is 15.9. The number of nitrogens with one attached hydrogen (secondary N) is 2. The largest absolute Gasteiger partial charge is 0.351 e. The summed E-state index contributed by atoms with van der Waals surface area (Å²) >= 11 is 12.1. The molecule has 0 saturated carbocycles. The van der Waals surface area contributed by atoms with E-state index in [1.807, 2.05) is 26.0 Å². The number of carbonyl (C=O) groups is 1. The topological polar surface area (TPSA) is 44.9 Å². The molecule has 1 aromatic heterocycles. The molecule has 0 fully saturated rings. The fraction of sp³-hybridized carbons (Fsp3) is 0.167. The highest BCUT2D eigenvalue weighted by Gasteiger charge is 2.12. The molecule has 5 heteroatoms. The third-order valence-corrected chi connectivity index (χ3v) is 4.38. The minimum absolute atomic E-state index is 0.172. The maximum absolute atomic E-state index is 12.4. The minimum atomic E-state index is -0.172. The summed E-state index contributed by atoms with van der Waals surface area (Å²) < 4.78 is 0. The second-order valence-corrected chi connectivity index (χ2v) is 6.49. The van der Waals surface area contributed by atoms with Crippen LogP contribution >= 0.6 is 23.2 Å². The molecule has 0 bridgehead atoms. The Bertz CT molecular complexity index is 899. The van der Waals surface area contributed by atoms with Crippen LogP contribution in [0.4, 0.5) is 0 Å². The van der Waals surface area contributed by atoms with Crippen molar-refractivity contribution in [3.05, 3.63) is 68.8 Å². The maximum atomic E-state index is 12.4. The Labute approximate surface area is 144 Å². The smallest absolute Gasteiger partial charge is 0.267 e. The number of benzene rings is 2. The van der Waals surface area contributed by atoms with Crippen LogP contribution in [0.15, 0.2) is 36.4 Å². The number of hydrogen-bond acceptors (Lipinski definition) is 1. The SMILES string of the molecule is Cc1cc(C)c2cc(C(=O)NCc3cc(Cl)ccc3Cl)[nH]c2c1. The van der Waals surface area contributed by atoms with Crippen molar-refractivity contribution < 1.29 is 4.79 Å². The Morgan fingerprint density at radius 2 is 1.91 bits per heavy atom. The van der Waals surface area contributed by atoms with Gasteiger partial charge in [0.25, 0.3) is 5.91 Å². The molecule has 0 unspecified atom stereocenters. The second kappa shape index (κ2) is 6.26. The highest BCUT2D eigenvalue weighted by molar-refractivity contribution is 6.33. The predicted octanol–water partition coefficient (Wildman–Crippen LogP) is 5.02. The Morgan fingerprint density at radius 1 is 1.13 bits per heavy atom. The number of fused-ring (bicyclic) bond motifs is 1. The van der Waals surface area contributed by atoms with Gasteiger partial charge in [-0.25, -0.2) is 0 Å². The zero-order valence-electron chi connectivity index (χ0n) is 12.8. The number of halogens is 2. The van der Waals surface area contributed by atoms with E-state index < -0.39 is 0 Å². The van der Waals surface area contributed by atoms with E-state index in [1.54, 1.807) is 18.2 Å². The van der Waals surface area contributed by atoms with Crippen molar-refractivity contribution in [3.8, 4) is 0 Å². The monoisotopic (exact) mass is 346 g/mol. The fourth-order valence-corrected chi connectivity index (χ4v) is 3.05. The van der Waals surface area contributed by atoms with Crippen molar-refractivity contribution in [1.82, 2.24) is 10.3 Å². The normalized spacial score (nSPS) is 11.0. The van der Waals surface area contributed by atoms with E-state index in [1.165, 1.54) is 0 Å². The lowest BCUT2D eigenvalue weighted by Gasteiger charge is -2.06. The van der Waals surface area contributed by atoms with Crippen molar-refractivity contribution in [2.24, 2.45) is 0 Å². The number of rotatable bonds is 3. The van der Waals surface area contributed by atoms with Gasteiger partial charge in [0.15, 0.2) is 0 Å². The highest BCUT2D eigenvalue weighted by atomic mass is 35.5. The molecule has 0 radical (unpaired) electrons. The molecular formula is C18H16Cl2N2O. The predicted molar refractivity (Wildman–Crippen MR) is 95.4 cm³/mol. The lowest BCUT2D eigenvalue weighted by atomic mass is 10.1. The number of carbonyl (C=O) groups excluding carboxylic acids is 1. The van der Waals surface area contributed by atoms with Crippen LogP contribution in [0, 0.1) is 13.8 Å². The summed E-state index contributed by atoms with van der Waals surface area (Å²) in [4.78, 5) is 15.5. The number of hydrogen-bond donors (Lipinski definition) is 2. The first-order valence-electron chi connectivity index (χ1n) is 7.26. The van der Waals surface area contributed by atoms with Gasteiger partial charge in [-0.3, -0.25) is 4.79 Å². The van der Waals surface area contributed by atoms with E-state index in [4.69, 9.17) is 23.2 Å². The van der Waals surface area contributed by atoms with Crippen molar-refractivity contribution in [1.29, 1.82) is 0 Å². The molecule has 0 spiro atoms. The molecule has 2 aromatic carbocycles. The van der Waals surface area contributed by atoms with E-state index >= 15 is 0 Å². The molecule has 0 aliphatic carbocycles. The first-order valence-corrected chi connectivity index (χ1v) is 8.02. The zero-order valence-corrected chi connectivity index (χ0v) is 14.3. The second-order valence-electron chi connectivity index (χ2n) is 5.64. The van der Waals surface area contributed by atoms with Gasteiger partial charge in [0.05, 0.1) is 0 Å². The Balaban J connectivity index is 1.81. The van der Waals surface area contributed by atoms with E-state index in [9.17, 15) is 4.79 Å². The van der Waals surface area contributed by atoms with Gasteiger partial charge in [0, 0.05) is 27.5 Å². The van der Waals surface area contributed by atoms with Crippen LogP contribution in [0.25, 0.3) is 10.9 Å². The standard InChI is InChI=1S/C18H16Cl2N2O/c1-10-5-11(2)14-8-17(22-16(14)6-10)18(23)21-9-12-7-13(19)3-4-15(12)20/h3-8,22H,9H2,1-2H3,(H,21,23). The first-order chi connectivity index (χ1) is 10.9. The third-order valence-electron chi connectivity index (χ3n) is 3.78. The molecule has 2 N–H and O–H groups in total. The molecule has 0 aliphatic heterocycles. The summed E-state index contributed by atoms with van der Waals surface area (Å²) in [5.74, 6) is -0.172. The maximum Gasteiger partial charge on any atom is 0.267 e. The van der Waals surface area contributed by atoms with E-state index in [0.29, 0.717) is 22.3 Å². The molecule has 1 heterocycles. The van der Waals surface area contributed by atoms with Crippen LogP contribution in [0.1, 0.15) is 27.2 Å². The van der Waals surface area contributed by atoms with Crippen LogP contribution in [-0.4, -0.2) is 10.9 Å². The summed E-state index contributed by atoms with van der Waals surface area (Å²) in [5.41, 5.74) is 4.60. The van der Waals surface area contributed by atoms with Gasteiger partial charge in [0.2, 0.25) is 0 Å². The molecular weight excluding hydrogens is 331 g/mol. The summed E-state index contributed by atoms with van der Waals surface area (Å²) in [6, 6.07) is 11.2. The third kappa shape index (κ3) is 3.36. The zero-order chi connectivity index (χ0) is 16.6. The van der Waals surface area contributed by atoms with E-state index in [0.717, 1.165) is 27.6 Å². The molecule has 3 rings (SSSR count). The van der Waals surface area contributed by atoms with Crippen LogP contribution in [-0.2, 0) is 6.54 Å². The van der Waals surface area contributed by atoms with Gasteiger partial charge < -0.3 is 10.3 Å². The molecule has 0 saturated heterocycles.